The summed E-state index contributed by atoms with van der Waals surface area (Å²) in [5.74, 6) is -0.0613. The molecular formula is C12H12Cl2O2. The van der Waals surface area contributed by atoms with Gasteiger partial charge in [-0.15, -0.1) is 0 Å². The van der Waals surface area contributed by atoms with Crippen LogP contribution in [0, 0.1) is 0 Å². The molecule has 0 heterocycles. The highest BCUT2D eigenvalue weighted by Crippen LogP contribution is 2.40. The summed E-state index contributed by atoms with van der Waals surface area (Å²) >= 11 is 11.9. The van der Waals surface area contributed by atoms with Crippen LogP contribution in [0.1, 0.15) is 29.6 Å². The summed E-state index contributed by atoms with van der Waals surface area (Å²) in [7, 11) is 1.56. The van der Waals surface area contributed by atoms with Crippen LogP contribution in [0.3, 0.4) is 0 Å². The summed E-state index contributed by atoms with van der Waals surface area (Å²) in [6, 6.07) is 5.08. The van der Waals surface area contributed by atoms with Crippen molar-refractivity contribution in [3.05, 3.63) is 33.8 Å². The van der Waals surface area contributed by atoms with E-state index in [0.717, 1.165) is 19.3 Å². The van der Waals surface area contributed by atoms with Crippen molar-refractivity contribution in [3.63, 3.8) is 0 Å². The molecule has 0 bridgehead atoms. The first-order chi connectivity index (χ1) is 7.60. The van der Waals surface area contributed by atoms with E-state index >= 15 is 0 Å². The Bertz CT molecular complexity index is 420. The molecule has 0 unspecified atom stereocenters. The van der Waals surface area contributed by atoms with E-state index in [2.05, 4.69) is 0 Å². The van der Waals surface area contributed by atoms with Crippen molar-refractivity contribution in [3.8, 4) is 0 Å². The second-order valence-corrected chi connectivity index (χ2v) is 4.77. The lowest BCUT2D eigenvalue weighted by Gasteiger charge is -2.39. The van der Waals surface area contributed by atoms with Gasteiger partial charge in [0.05, 0.1) is 10.0 Å². The van der Waals surface area contributed by atoms with Gasteiger partial charge >= 0.3 is 0 Å². The average molecular weight is 259 g/mol. The van der Waals surface area contributed by atoms with Crippen molar-refractivity contribution < 1.29 is 9.53 Å². The standard InChI is InChI=1S/C12H12Cl2O2/c1-16-12(6-3-7-12)11(15)8-4-2-5-9(13)10(8)14/h2,4-5H,3,6-7H2,1H3. The predicted octanol–water partition coefficient (Wildman–Crippen LogP) is 3.75. The molecule has 0 spiro atoms. The topological polar surface area (TPSA) is 26.3 Å². The fourth-order valence-electron chi connectivity index (χ4n) is 1.95. The molecule has 1 aliphatic rings. The van der Waals surface area contributed by atoms with Gasteiger partial charge in [0.25, 0.3) is 0 Å². The lowest BCUT2D eigenvalue weighted by molar-refractivity contribution is -0.0448. The van der Waals surface area contributed by atoms with Gasteiger partial charge in [-0.3, -0.25) is 4.79 Å². The molecule has 0 saturated heterocycles. The van der Waals surface area contributed by atoms with Crippen molar-refractivity contribution in [1.82, 2.24) is 0 Å². The van der Waals surface area contributed by atoms with E-state index < -0.39 is 5.60 Å². The van der Waals surface area contributed by atoms with Crippen LogP contribution in [0.15, 0.2) is 18.2 Å². The molecule has 86 valence electrons. The first-order valence-corrected chi connectivity index (χ1v) is 5.90. The Hall–Kier alpha value is -0.570. The number of hydrogen-bond acceptors (Lipinski definition) is 2. The minimum atomic E-state index is -0.672. The van der Waals surface area contributed by atoms with Gasteiger partial charge in [0.2, 0.25) is 0 Å². The second-order valence-electron chi connectivity index (χ2n) is 3.98. The normalized spacial score (nSPS) is 17.9. The highest BCUT2D eigenvalue weighted by Gasteiger charge is 2.45. The van der Waals surface area contributed by atoms with E-state index in [1.165, 1.54) is 0 Å². The molecule has 2 rings (SSSR count). The molecule has 1 saturated carbocycles. The van der Waals surface area contributed by atoms with Gasteiger partial charge in [0.1, 0.15) is 5.60 Å². The van der Waals surface area contributed by atoms with Gasteiger partial charge < -0.3 is 4.74 Å². The fourth-order valence-corrected chi connectivity index (χ4v) is 2.33. The molecule has 16 heavy (non-hydrogen) atoms. The molecule has 2 nitrogen and oxygen atoms in total. The summed E-state index contributed by atoms with van der Waals surface area (Å²) in [5, 5.41) is 0.718. The van der Waals surface area contributed by atoms with Crippen LogP contribution >= 0.6 is 23.2 Å². The molecule has 0 amide bonds. The highest BCUT2D eigenvalue weighted by molar-refractivity contribution is 6.44. The Morgan fingerprint density at radius 3 is 2.56 bits per heavy atom. The number of methoxy groups -OCH3 is 1. The monoisotopic (exact) mass is 258 g/mol. The summed E-state index contributed by atoms with van der Waals surface area (Å²) in [6.45, 7) is 0. The third-order valence-electron chi connectivity index (χ3n) is 3.16. The Kier molecular flexibility index (Phi) is 3.24. The minimum absolute atomic E-state index is 0.0613. The summed E-state index contributed by atoms with van der Waals surface area (Å²) in [5.41, 5.74) is -0.218. The maximum absolute atomic E-state index is 12.3. The van der Waals surface area contributed by atoms with Crippen LogP contribution in [0.5, 0.6) is 0 Å². The summed E-state index contributed by atoms with van der Waals surface area (Å²) < 4.78 is 5.33. The van der Waals surface area contributed by atoms with Crippen LogP contribution in [0.2, 0.25) is 10.0 Å². The Morgan fingerprint density at radius 2 is 2.06 bits per heavy atom. The van der Waals surface area contributed by atoms with Crippen LogP contribution in [0.25, 0.3) is 0 Å². The number of hydrogen-bond donors (Lipinski definition) is 0. The zero-order valence-corrected chi connectivity index (χ0v) is 10.4. The number of ether oxygens (including phenoxy) is 1. The van der Waals surface area contributed by atoms with Crippen LogP contribution in [-0.2, 0) is 4.74 Å². The SMILES string of the molecule is COC1(C(=O)c2cccc(Cl)c2Cl)CCC1. The number of carbonyl (C=O) groups excluding carboxylic acids is 1. The Balaban J connectivity index is 2.37. The van der Waals surface area contributed by atoms with Gasteiger partial charge in [0, 0.05) is 12.7 Å². The van der Waals surface area contributed by atoms with Gasteiger partial charge in [-0.05, 0) is 31.4 Å². The number of Topliss-reactive ketones (excluding diaryl/α,β-unsaturated/α-hetero) is 1. The number of benzene rings is 1. The van der Waals surface area contributed by atoms with Crippen LogP contribution in [-0.4, -0.2) is 18.5 Å². The molecular weight excluding hydrogens is 247 g/mol. The van der Waals surface area contributed by atoms with Gasteiger partial charge in [-0.2, -0.15) is 0 Å². The lowest BCUT2D eigenvalue weighted by Crippen LogP contribution is -2.47. The smallest absolute Gasteiger partial charge is 0.196 e. The molecule has 0 N–H and O–H groups in total. The minimum Gasteiger partial charge on any atom is -0.370 e. The third-order valence-corrected chi connectivity index (χ3v) is 3.98. The first kappa shape index (κ1) is 11.9. The van der Waals surface area contributed by atoms with Crippen molar-refractivity contribution >= 4 is 29.0 Å². The quantitative estimate of drug-likeness (QED) is 0.773. The van der Waals surface area contributed by atoms with E-state index in [0.29, 0.717) is 15.6 Å². The zero-order chi connectivity index (χ0) is 11.8. The molecule has 0 atom stereocenters. The van der Waals surface area contributed by atoms with E-state index in [9.17, 15) is 4.79 Å². The second kappa shape index (κ2) is 4.36. The summed E-state index contributed by atoms with van der Waals surface area (Å²) in [6.07, 6.45) is 2.52. The molecule has 1 aliphatic carbocycles. The van der Waals surface area contributed by atoms with E-state index in [-0.39, 0.29) is 5.78 Å². The molecule has 0 aromatic heterocycles. The number of ketones is 1. The van der Waals surface area contributed by atoms with Crippen molar-refractivity contribution in [2.45, 2.75) is 24.9 Å². The molecule has 1 aromatic carbocycles. The maximum Gasteiger partial charge on any atom is 0.196 e. The molecule has 4 heteroatoms. The molecule has 0 aliphatic heterocycles. The molecule has 1 aromatic rings. The van der Waals surface area contributed by atoms with Gasteiger partial charge in [-0.25, -0.2) is 0 Å². The number of halogens is 2. The van der Waals surface area contributed by atoms with Gasteiger partial charge in [-0.1, -0.05) is 29.3 Å². The van der Waals surface area contributed by atoms with E-state index in [1.54, 1.807) is 25.3 Å². The predicted molar refractivity (Wildman–Crippen MR) is 64.4 cm³/mol. The largest absolute Gasteiger partial charge is 0.370 e. The maximum atomic E-state index is 12.3. The van der Waals surface area contributed by atoms with Crippen LogP contribution in [0.4, 0.5) is 0 Å². The number of rotatable bonds is 3. The lowest BCUT2D eigenvalue weighted by atomic mass is 9.75. The Morgan fingerprint density at radius 1 is 1.38 bits per heavy atom. The average Bonchev–Trinajstić information content (AvgIpc) is 2.21. The van der Waals surface area contributed by atoms with Crippen LogP contribution < -0.4 is 0 Å². The first-order valence-electron chi connectivity index (χ1n) is 5.15. The summed E-state index contributed by atoms with van der Waals surface area (Å²) in [4.78, 5) is 12.3. The van der Waals surface area contributed by atoms with Crippen molar-refractivity contribution in [1.29, 1.82) is 0 Å². The van der Waals surface area contributed by atoms with Gasteiger partial charge in [0.15, 0.2) is 5.78 Å². The third kappa shape index (κ3) is 1.75. The van der Waals surface area contributed by atoms with E-state index in [4.69, 9.17) is 27.9 Å². The molecule has 0 radical (unpaired) electrons. The fraction of sp³-hybridized carbons (Fsp3) is 0.417. The molecule has 1 fully saturated rings. The van der Waals surface area contributed by atoms with Crippen molar-refractivity contribution in [2.75, 3.05) is 7.11 Å². The Labute approximate surface area is 104 Å². The highest BCUT2D eigenvalue weighted by atomic mass is 35.5. The van der Waals surface area contributed by atoms with E-state index in [1.807, 2.05) is 0 Å². The number of carbonyl (C=O) groups is 1. The van der Waals surface area contributed by atoms with Crippen molar-refractivity contribution in [2.24, 2.45) is 0 Å². The zero-order valence-electron chi connectivity index (χ0n) is 8.93.